The number of hydrogen-bond acceptors (Lipinski definition) is 3. The van der Waals surface area contributed by atoms with Gasteiger partial charge in [-0.25, -0.2) is 0 Å². The van der Waals surface area contributed by atoms with Gasteiger partial charge in [-0.1, -0.05) is 6.92 Å². The van der Waals surface area contributed by atoms with Crippen molar-refractivity contribution in [2.75, 3.05) is 6.61 Å². The molecule has 0 bridgehead atoms. The predicted octanol–water partition coefficient (Wildman–Crippen LogP) is 0.107. The number of nitrogens with two attached hydrogens (primary N) is 1. The van der Waals surface area contributed by atoms with E-state index in [1.165, 1.54) is 6.08 Å². The monoisotopic (exact) mass is 128 g/mol. The standard InChI is InChI=1S/C6H12N2O/c1-5(4-9)6(8)2-3-7/h2-3,5,7,9H,4,8H2,1H3/b6-2-,7-3?. The summed E-state index contributed by atoms with van der Waals surface area (Å²) in [4.78, 5) is 0. The SMILES string of the molecule is CC(CO)/C(N)=C/C=N. The Morgan fingerprint density at radius 1 is 1.89 bits per heavy atom. The van der Waals surface area contributed by atoms with Crippen LogP contribution >= 0.6 is 0 Å². The van der Waals surface area contributed by atoms with Crippen molar-refractivity contribution < 1.29 is 5.11 Å². The third-order valence-electron chi connectivity index (χ3n) is 1.12. The minimum absolute atomic E-state index is 0.0356. The van der Waals surface area contributed by atoms with E-state index in [-0.39, 0.29) is 12.5 Å². The molecule has 1 atom stereocenters. The Morgan fingerprint density at radius 3 is 2.78 bits per heavy atom. The first kappa shape index (κ1) is 8.17. The highest BCUT2D eigenvalue weighted by molar-refractivity contribution is 5.68. The molecule has 0 saturated heterocycles. The number of aliphatic hydroxyl groups excluding tert-OH is 1. The summed E-state index contributed by atoms with van der Waals surface area (Å²) in [7, 11) is 0. The summed E-state index contributed by atoms with van der Waals surface area (Å²) in [5.74, 6) is -0.0356. The number of nitrogens with one attached hydrogen (secondary N) is 1. The minimum Gasteiger partial charge on any atom is -0.402 e. The van der Waals surface area contributed by atoms with Crippen LogP contribution in [0.15, 0.2) is 11.8 Å². The molecule has 0 aromatic carbocycles. The first-order valence-electron chi connectivity index (χ1n) is 2.79. The average molecular weight is 128 g/mol. The molecule has 3 nitrogen and oxygen atoms in total. The van der Waals surface area contributed by atoms with Gasteiger partial charge in [0.25, 0.3) is 0 Å². The van der Waals surface area contributed by atoms with Crippen molar-refractivity contribution in [1.29, 1.82) is 5.41 Å². The lowest BCUT2D eigenvalue weighted by Gasteiger charge is -2.05. The van der Waals surface area contributed by atoms with Gasteiger partial charge in [0, 0.05) is 17.8 Å². The molecule has 4 N–H and O–H groups in total. The van der Waals surface area contributed by atoms with Crippen molar-refractivity contribution in [3.8, 4) is 0 Å². The fourth-order valence-electron chi connectivity index (χ4n) is 0.366. The topological polar surface area (TPSA) is 70.1 Å². The summed E-state index contributed by atoms with van der Waals surface area (Å²) in [6, 6.07) is 0. The van der Waals surface area contributed by atoms with Gasteiger partial charge in [0.15, 0.2) is 0 Å². The van der Waals surface area contributed by atoms with Crippen LogP contribution in [0.4, 0.5) is 0 Å². The molecule has 3 heteroatoms. The first-order valence-corrected chi connectivity index (χ1v) is 2.79. The molecule has 0 aliphatic heterocycles. The van der Waals surface area contributed by atoms with E-state index in [4.69, 9.17) is 16.2 Å². The largest absolute Gasteiger partial charge is 0.402 e. The van der Waals surface area contributed by atoms with Crippen LogP contribution in [0.1, 0.15) is 6.92 Å². The van der Waals surface area contributed by atoms with Crippen molar-refractivity contribution in [1.82, 2.24) is 0 Å². The van der Waals surface area contributed by atoms with Crippen LogP contribution in [-0.4, -0.2) is 17.9 Å². The normalized spacial score (nSPS) is 15.1. The molecule has 0 rings (SSSR count). The zero-order valence-corrected chi connectivity index (χ0v) is 5.46. The molecule has 0 aliphatic rings. The summed E-state index contributed by atoms with van der Waals surface area (Å²) >= 11 is 0. The Kier molecular flexibility index (Phi) is 3.71. The highest BCUT2D eigenvalue weighted by Crippen LogP contribution is 2.00. The summed E-state index contributed by atoms with van der Waals surface area (Å²) in [5.41, 5.74) is 5.94. The lowest BCUT2D eigenvalue weighted by atomic mass is 10.1. The van der Waals surface area contributed by atoms with Crippen LogP contribution in [0.25, 0.3) is 0 Å². The molecule has 0 fully saturated rings. The van der Waals surface area contributed by atoms with Gasteiger partial charge < -0.3 is 16.2 Å². The highest BCUT2D eigenvalue weighted by atomic mass is 16.3. The van der Waals surface area contributed by atoms with E-state index in [9.17, 15) is 0 Å². The van der Waals surface area contributed by atoms with Gasteiger partial charge in [-0.05, 0) is 6.08 Å². The molecule has 0 radical (unpaired) electrons. The van der Waals surface area contributed by atoms with E-state index < -0.39 is 0 Å². The third kappa shape index (κ3) is 2.87. The van der Waals surface area contributed by atoms with E-state index >= 15 is 0 Å². The smallest absolute Gasteiger partial charge is 0.0511 e. The van der Waals surface area contributed by atoms with Crippen LogP contribution in [0.2, 0.25) is 0 Å². The highest BCUT2D eigenvalue weighted by Gasteiger charge is 1.99. The van der Waals surface area contributed by atoms with Crippen LogP contribution in [0.3, 0.4) is 0 Å². The molecule has 0 aromatic rings. The second kappa shape index (κ2) is 4.09. The predicted molar refractivity (Wildman–Crippen MR) is 37.3 cm³/mol. The molecule has 0 saturated carbocycles. The maximum atomic E-state index is 8.54. The van der Waals surface area contributed by atoms with Gasteiger partial charge in [0.2, 0.25) is 0 Å². The molecule has 52 valence electrons. The molecule has 0 aliphatic carbocycles. The zero-order valence-electron chi connectivity index (χ0n) is 5.46. The maximum absolute atomic E-state index is 8.54. The van der Waals surface area contributed by atoms with E-state index in [2.05, 4.69) is 0 Å². The zero-order chi connectivity index (χ0) is 7.28. The van der Waals surface area contributed by atoms with Crippen LogP contribution in [-0.2, 0) is 0 Å². The summed E-state index contributed by atoms with van der Waals surface area (Å²) in [6.45, 7) is 1.84. The van der Waals surface area contributed by atoms with Gasteiger partial charge in [-0.3, -0.25) is 0 Å². The van der Waals surface area contributed by atoms with Gasteiger partial charge in [0.05, 0.1) is 6.61 Å². The maximum Gasteiger partial charge on any atom is 0.0511 e. The Balaban J connectivity index is 3.84. The third-order valence-corrected chi connectivity index (χ3v) is 1.12. The van der Waals surface area contributed by atoms with Crippen molar-refractivity contribution >= 4 is 6.21 Å². The Morgan fingerprint density at radius 2 is 2.44 bits per heavy atom. The quantitative estimate of drug-likeness (QED) is 0.472. The summed E-state index contributed by atoms with van der Waals surface area (Å²) in [5, 5.41) is 15.2. The number of rotatable bonds is 3. The lowest BCUT2D eigenvalue weighted by Crippen LogP contribution is -2.12. The Labute approximate surface area is 54.7 Å². The van der Waals surface area contributed by atoms with Gasteiger partial charge in [-0.2, -0.15) is 0 Å². The number of allylic oxidation sites excluding steroid dienone is 1. The summed E-state index contributed by atoms with van der Waals surface area (Å²) in [6.07, 6.45) is 2.59. The van der Waals surface area contributed by atoms with Gasteiger partial charge >= 0.3 is 0 Å². The van der Waals surface area contributed by atoms with Crippen molar-refractivity contribution in [2.24, 2.45) is 11.7 Å². The molecule has 0 spiro atoms. The van der Waals surface area contributed by atoms with E-state index in [1.807, 2.05) is 0 Å². The first-order chi connectivity index (χ1) is 4.22. The molecular formula is C6H12N2O. The van der Waals surface area contributed by atoms with Gasteiger partial charge in [0.1, 0.15) is 0 Å². The lowest BCUT2D eigenvalue weighted by molar-refractivity contribution is 0.255. The second-order valence-corrected chi connectivity index (χ2v) is 1.92. The molecule has 9 heavy (non-hydrogen) atoms. The number of hydrogen-bond donors (Lipinski definition) is 3. The molecule has 1 unspecified atom stereocenters. The fraction of sp³-hybridized carbons (Fsp3) is 0.500. The molecule has 0 heterocycles. The molecule has 0 aromatic heterocycles. The summed E-state index contributed by atoms with van der Waals surface area (Å²) < 4.78 is 0. The van der Waals surface area contributed by atoms with Gasteiger partial charge in [-0.15, -0.1) is 0 Å². The van der Waals surface area contributed by atoms with E-state index in [1.54, 1.807) is 6.92 Å². The average Bonchev–Trinajstić information content (AvgIpc) is 1.87. The van der Waals surface area contributed by atoms with Crippen LogP contribution < -0.4 is 5.73 Å². The Bertz CT molecular complexity index is 120. The molecular weight excluding hydrogens is 116 g/mol. The second-order valence-electron chi connectivity index (χ2n) is 1.92. The molecule has 0 amide bonds. The van der Waals surface area contributed by atoms with Crippen LogP contribution in [0, 0.1) is 11.3 Å². The van der Waals surface area contributed by atoms with Crippen LogP contribution in [0.5, 0.6) is 0 Å². The van der Waals surface area contributed by atoms with E-state index in [0.717, 1.165) is 6.21 Å². The minimum atomic E-state index is -0.0356. The van der Waals surface area contributed by atoms with Crippen molar-refractivity contribution in [2.45, 2.75) is 6.92 Å². The fourth-order valence-corrected chi connectivity index (χ4v) is 0.366. The van der Waals surface area contributed by atoms with E-state index in [0.29, 0.717) is 5.70 Å². The number of aliphatic hydroxyl groups is 1. The van der Waals surface area contributed by atoms with Crippen molar-refractivity contribution in [3.63, 3.8) is 0 Å². The Hall–Kier alpha value is -0.830. The van der Waals surface area contributed by atoms with Crippen molar-refractivity contribution in [3.05, 3.63) is 11.8 Å².